The number of rotatable bonds is 3. The van der Waals surface area contributed by atoms with Crippen LogP contribution in [0.2, 0.25) is 0 Å². The summed E-state index contributed by atoms with van der Waals surface area (Å²) in [6.07, 6.45) is 4.06. The Balaban J connectivity index is 2.14. The van der Waals surface area contributed by atoms with Gasteiger partial charge in [-0.25, -0.2) is 9.78 Å². The molecule has 0 spiro atoms. The molecule has 1 amide bonds. The minimum Gasteiger partial charge on any atom is -0.480 e. The van der Waals surface area contributed by atoms with Gasteiger partial charge in [0, 0.05) is 10.7 Å². The second-order valence-corrected chi connectivity index (χ2v) is 6.30. The highest BCUT2D eigenvalue weighted by atomic mass is 79.9. The SMILES string of the molecule is CC1CCC(NC(=O)c2ccc(Br)cn2)(C(=O)O)CC1. The number of carboxylic acids is 1. The van der Waals surface area contributed by atoms with E-state index in [1.807, 2.05) is 0 Å². The number of halogens is 1. The summed E-state index contributed by atoms with van der Waals surface area (Å²) >= 11 is 3.25. The van der Waals surface area contributed by atoms with Crippen molar-refractivity contribution in [1.82, 2.24) is 10.3 Å². The zero-order valence-electron chi connectivity index (χ0n) is 11.2. The van der Waals surface area contributed by atoms with Gasteiger partial charge in [-0.05, 0) is 59.7 Å². The molecule has 6 heteroatoms. The third-order valence-corrected chi connectivity index (χ3v) is 4.32. The Morgan fingerprint density at radius 2 is 2.05 bits per heavy atom. The molecule has 0 aromatic carbocycles. The van der Waals surface area contributed by atoms with Crippen molar-refractivity contribution >= 4 is 27.8 Å². The Bertz CT molecular complexity index is 508. The van der Waals surface area contributed by atoms with E-state index >= 15 is 0 Å². The zero-order chi connectivity index (χ0) is 14.8. The van der Waals surface area contributed by atoms with Crippen molar-refractivity contribution in [2.24, 2.45) is 5.92 Å². The van der Waals surface area contributed by atoms with Gasteiger partial charge in [-0.2, -0.15) is 0 Å². The summed E-state index contributed by atoms with van der Waals surface area (Å²) in [4.78, 5) is 27.7. The van der Waals surface area contributed by atoms with Gasteiger partial charge in [-0.15, -0.1) is 0 Å². The normalized spacial score (nSPS) is 26.0. The van der Waals surface area contributed by atoms with Crippen molar-refractivity contribution in [2.75, 3.05) is 0 Å². The van der Waals surface area contributed by atoms with Crippen LogP contribution in [0.15, 0.2) is 22.8 Å². The summed E-state index contributed by atoms with van der Waals surface area (Å²) in [6.45, 7) is 2.10. The number of carbonyl (C=O) groups is 2. The first-order valence-corrected chi connectivity index (χ1v) is 7.40. The van der Waals surface area contributed by atoms with E-state index in [9.17, 15) is 14.7 Å². The Labute approximate surface area is 125 Å². The summed E-state index contributed by atoms with van der Waals surface area (Å²) in [7, 11) is 0. The number of hydrogen-bond donors (Lipinski definition) is 2. The molecule has 1 saturated carbocycles. The van der Waals surface area contributed by atoms with Crippen LogP contribution in [0.5, 0.6) is 0 Å². The number of nitrogens with one attached hydrogen (secondary N) is 1. The van der Waals surface area contributed by atoms with Crippen LogP contribution in [0.3, 0.4) is 0 Å². The van der Waals surface area contributed by atoms with E-state index in [1.54, 1.807) is 12.1 Å². The third kappa shape index (κ3) is 3.17. The molecule has 0 atom stereocenters. The minimum atomic E-state index is -1.15. The molecule has 1 aliphatic carbocycles. The Morgan fingerprint density at radius 3 is 2.55 bits per heavy atom. The van der Waals surface area contributed by atoms with Gasteiger partial charge in [0.15, 0.2) is 0 Å². The van der Waals surface area contributed by atoms with Crippen molar-refractivity contribution in [3.8, 4) is 0 Å². The number of aromatic nitrogens is 1. The molecule has 1 heterocycles. The second kappa shape index (κ2) is 5.91. The number of carbonyl (C=O) groups excluding carboxylic acids is 1. The predicted molar refractivity (Wildman–Crippen MR) is 77.4 cm³/mol. The van der Waals surface area contributed by atoms with E-state index in [4.69, 9.17) is 0 Å². The molecular weight excluding hydrogens is 324 g/mol. The topological polar surface area (TPSA) is 79.3 Å². The lowest BCUT2D eigenvalue weighted by atomic mass is 9.77. The quantitative estimate of drug-likeness (QED) is 0.886. The van der Waals surface area contributed by atoms with Gasteiger partial charge in [0.05, 0.1) is 0 Å². The maximum Gasteiger partial charge on any atom is 0.329 e. The number of carboxylic acid groups (broad SMARTS) is 1. The van der Waals surface area contributed by atoms with Crippen molar-refractivity contribution in [3.05, 3.63) is 28.5 Å². The lowest BCUT2D eigenvalue weighted by molar-refractivity contribution is -0.146. The van der Waals surface area contributed by atoms with E-state index in [2.05, 4.69) is 33.2 Å². The van der Waals surface area contributed by atoms with Crippen LogP contribution >= 0.6 is 15.9 Å². The van der Waals surface area contributed by atoms with Crippen LogP contribution in [-0.4, -0.2) is 27.5 Å². The van der Waals surface area contributed by atoms with Gasteiger partial charge in [-0.3, -0.25) is 4.79 Å². The van der Waals surface area contributed by atoms with Crippen LogP contribution < -0.4 is 5.32 Å². The van der Waals surface area contributed by atoms with Crippen molar-refractivity contribution in [1.29, 1.82) is 0 Å². The number of amides is 1. The molecular formula is C14H17BrN2O3. The highest BCUT2D eigenvalue weighted by Gasteiger charge is 2.42. The van der Waals surface area contributed by atoms with Crippen LogP contribution in [0.25, 0.3) is 0 Å². The molecule has 5 nitrogen and oxygen atoms in total. The molecule has 0 bridgehead atoms. The van der Waals surface area contributed by atoms with Crippen LogP contribution in [0, 0.1) is 5.92 Å². The molecule has 2 rings (SSSR count). The molecule has 1 fully saturated rings. The maximum atomic E-state index is 12.2. The Morgan fingerprint density at radius 1 is 1.40 bits per heavy atom. The minimum absolute atomic E-state index is 0.229. The summed E-state index contributed by atoms with van der Waals surface area (Å²) in [5, 5.41) is 12.1. The van der Waals surface area contributed by atoms with Crippen molar-refractivity contribution in [2.45, 2.75) is 38.1 Å². The van der Waals surface area contributed by atoms with E-state index in [1.165, 1.54) is 6.20 Å². The molecule has 1 aromatic heterocycles. The lowest BCUT2D eigenvalue weighted by Crippen LogP contribution is -2.56. The summed E-state index contributed by atoms with van der Waals surface area (Å²) in [5.74, 6) is -0.894. The van der Waals surface area contributed by atoms with E-state index in [-0.39, 0.29) is 5.69 Å². The summed E-state index contributed by atoms with van der Waals surface area (Å²) < 4.78 is 0.772. The van der Waals surface area contributed by atoms with Crippen LogP contribution in [0.4, 0.5) is 0 Å². The molecule has 0 saturated heterocycles. The molecule has 0 radical (unpaired) electrons. The van der Waals surface area contributed by atoms with Gasteiger partial charge < -0.3 is 10.4 Å². The van der Waals surface area contributed by atoms with E-state index in [0.717, 1.165) is 17.3 Å². The zero-order valence-corrected chi connectivity index (χ0v) is 12.8. The number of hydrogen-bond acceptors (Lipinski definition) is 3. The summed E-state index contributed by atoms with van der Waals surface area (Å²) in [5.41, 5.74) is -0.925. The van der Waals surface area contributed by atoms with E-state index in [0.29, 0.717) is 18.8 Å². The van der Waals surface area contributed by atoms with Gasteiger partial charge in [0.2, 0.25) is 0 Å². The summed E-state index contributed by atoms with van der Waals surface area (Å²) in [6, 6.07) is 3.28. The average Bonchev–Trinajstić information content (AvgIpc) is 2.42. The fourth-order valence-electron chi connectivity index (χ4n) is 2.44. The lowest BCUT2D eigenvalue weighted by Gasteiger charge is -2.36. The highest BCUT2D eigenvalue weighted by Crippen LogP contribution is 2.32. The largest absolute Gasteiger partial charge is 0.480 e. The van der Waals surface area contributed by atoms with Crippen molar-refractivity contribution < 1.29 is 14.7 Å². The number of aliphatic carboxylic acids is 1. The molecule has 0 aliphatic heterocycles. The first-order valence-electron chi connectivity index (χ1n) is 6.60. The molecule has 1 aromatic rings. The first kappa shape index (κ1) is 15.0. The van der Waals surface area contributed by atoms with Gasteiger partial charge in [0.1, 0.15) is 11.2 Å². The molecule has 20 heavy (non-hydrogen) atoms. The third-order valence-electron chi connectivity index (χ3n) is 3.85. The van der Waals surface area contributed by atoms with Gasteiger partial charge in [0.25, 0.3) is 5.91 Å². The number of pyridine rings is 1. The predicted octanol–water partition coefficient (Wildman–Crippen LogP) is 2.61. The number of nitrogens with zero attached hydrogens (tertiary/aromatic N) is 1. The fourth-order valence-corrected chi connectivity index (χ4v) is 2.67. The monoisotopic (exact) mass is 340 g/mol. The van der Waals surface area contributed by atoms with Crippen molar-refractivity contribution in [3.63, 3.8) is 0 Å². The smallest absolute Gasteiger partial charge is 0.329 e. The first-order chi connectivity index (χ1) is 9.43. The molecule has 2 N–H and O–H groups in total. The maximum absolute atomic E-state index is 12.2. The molecule has 0 unspecified atom stereocenters. The van der Waals surface area contributed by atoms with E-state index < -0.39 is 17.4 Å². The highest BCUT2D eigenvalue weighted by molar-refractivity contribution is 9.10. The molecule has 1 aliphatic rings. The van der Waals surface area contributed by atoms with Gasteiger partial charge >= 0.3 is 5.97 Å². The van der Waals surface area contributed by atoms with Gasteiger partial charge in [-0.1, -0.05) is 6.92 Å². The second-order valence-electron chi connectivity index (χ2n) is 5.39. The average molecular weight is 341 g/mol. The Kier molecular flexibility index (Phi) is 4.42. The molecule has 108 valence electrons. The fraction of sp³-hybridized carbons (Fsp3) is 0.500. The van der Waals surface area contributed by atoms with Crippen LogP contribution in [-0.2, 0) is 4.79 Å². The Hall–Kier alpha value is -1.43. The van der Waals surface area contributed by atoms with Crippen LogP contribution in [0.1, 0.15) is 43.1 Å². The standard InChI is InChI=1S/C14H17BrN2O3/c1-9-4-6-14(7-5-9,13(19)20)17-12(18)11-3-2-10(15)8-16-11/h2-3,8-9H,4-7H2,1H3,(H,17,18)(H,19,20).